The van der Waals surface area contributed by atoms with E-state index in [9.17, 15) is 18.0 Å². The molecular weight excluding hydrogens is 446 g/mol. The molecule has 0 bridgehead atoms. The van der Waals surface area contributed by atoms with Gasteiger partial charge in [-0.25, -0.2) is 8.42 Å². The molecule has 3 aromatic rings. The van der Waals surface area contributed by atoms with Crippen LogP contribution in [0.1, 0.15) is 38.4 Å². The van der Waals surface area contributed by atoms with E-state index in [2.05, 4.69) is 15.4 Å². The summed E-state index contributed by atoms with van der Waals surface area (Å²) in [6.07, 6.45) is 3.12. The Balaban J connectivity index is 1.46. The van der Waals surface area contributed by atoms with Gasteiger partial charge < -0.3 is 10.6 Å². The lowest BCUT2D eigenvalue weighted by Crippen LogP contribution is -2.25. The number of thiophene rings is 1. The van der Waals surface area contributed by atoms with Crippen LogP contribution in [0.2, 0.25) is 0 Å². The highest BCUT2D eigenvalue weighted by molar-refractivity contribution is 7.92. The predicted molar refractivity (Wildman–Crippen MR) is 128 cm³/mol. The maximum atomic E-state index is 12.8. The second-order valence-electron chi connectivity index (χ2n) is 7.85. The molecule has 0 radical (unpaired) electrons. The van der Waals surface area contributed by atoms with Gasteiger partial charge in [0.05, 0.1) is 11.1 Å². The quantitative estimate of drug-likeness (QED) is 0.481. The van der Waals surface area contributed by atoms with Gasteiger partial charge in [-0.05, 0) is 67.3 Å². The predicted octanol–water partition coefficient (Wildman–Crippen LogP) is 4.24. The Morgan fingerprint density at radius 1 is 0.969 bits per heavy atom. The zero-order valence-electron chi connectivity index (χ0n) is 17.6. The fourth-order valence-electron chi connectivity index (χ4n) is 3.11. The van der Waals surface area contributed by atoms with E-state index < -0.39 is 10.0 Å². The van der Waals surface area contributed by atoms with E-state index in [0.717, 1.165) is 35.1 Å². The molecule has 0 unspecified atom stereocenters. The van der Waals surface area contributed by atoms with Gasteiger partial charge in [0.2, 0.25) is 10.0 Å². The maximum Gasteiger partial charge on any atom is 0.265 e. The third-order valence-electron chi connectivity index (χ3n) is 4.96. The number of hydrogen-bond acceptors (Lipinski definition) is 5. The number of carbonyl (C=O) groups excluding carboxylic acids is 2. The second-order valence-corrected chi connectivity index (χ2v) is 10.7. The van der Waals surface area contributed by atoms with Gasteiger partial charge in [0.1, 0.15) is 0 Å². The lowest BCUT2D eigenvalue weighted by molar-refractivity contribution is 0.0949. The van der Waals surface area contributed by atoms with Crippen LogP contribution in [-0.2, 0) is 10.0 Å². The third-order valence-corrected chi connectivity index (χ3v) is 6.70. The van der Waals surface area contributed by atoms with E-state index in [-0.39, 0.29) is 17.9 Å². The van der Waals surface area contributed by atoms with Crippen molar-refractivity contribution < 1.29 is 18.0 Å². The van der Waals surface area contributed by atoms with Gasteiger partial charge in [0.15, 0.2) is 0 Å². The topological polar surface area (TPSA) is 104 Å². The van der Waals surface area contributed by atoms with Crippen molar-refractivity contribution in [2.45, 2.75) is 25.8 Å². The molecule has 2 amide bonds. The highest BCUT2D eigenvalue weighted by Crippen LogP contribution is 2.30. The van der Waals surface area contributed by atoms with Gasteiger partial charge in [-0.2, -0.15) is 0 Å². The van der Waals surface area contributed by atoms with Crippen LogP contribution in [0.3, 0.4) is 0 Å². The van der Waals surface area contributed by atoms with Crippen molar-refractivity contribution >= 4 is 44.5 Å². The van der Waals surface area contributed by atoms with Crippen LogP contribution in [0.25, 0.3) is 10.4 Å². The van der Waals surface area contributed by atoms with Gasteiger partial charge in [0.25, 0.3) is 11.8 Å². The van der Waals surface area contributed by atoms with Crippen LogP contribution in [0, 0.1) is 6.92 Å². The smallest absolute Gasteiger partial charge is 0.265 e. The molecule has 32 heavy (non-hydrogen) atoms. The molecule has 1 saturated carbocycles. The van der Waals surface area contributed by atoms with Crippen LogP contribution >= 0.6 is 11.3 Å². The fraction of sp³-hybridized carbons (Fsp3) is 0.217. The highest BCUT2D eigenvalue weighted by atomic mass is 32.2. The minimum absolute atomic E-state index is 0.129. The number of amides is 2. The van der Waals surface area contributed by atoms with Crippen molar-refractivity contribution in [1.82, 2.24) is 5.32 Å². The molecule has 4 rings (SSSR count). The monoisotopic (exact) mass is 469 g/mol. The fourth-order valence-corrected chi connectivity index (χ4v) is 4.58. The zero-order chi connectivity index (χ0) is 22.9. The highest BCUT2D eigenvalue weighted by Gasteiger charge is 2.24. The zero-order valence-corrected chi connectivity index (χ0v) is 19.3. The summed E-state index contributed by atoms with van der Waals surface area (Å²) in [6.45, 7) is 1.88. The molecule has 2 aromatic carbocycles. The van der Waals surface area contributed by atoms with E-state index in [4.69, 9.17) is 0 Å². The third kappa shape index (κ3) is 5.54. The lowest BCUT2D eigenvalue weighted by Gasteiger charge is -2.10. The Bertz CT molecular complexity index is 1280. The molecule has 1 aliphatic carbocycles. The maximum absolute atomic E-state index is 12.8. The summed E-state index contributed by atoms with van der Waals surface area (Å²) >= 11 is 1.34. The molecule has 3 N–H and O–H groups in total. The Labute approximate surface area is 190 Å². The normalized spacial score (nSPS) is 13.4. The van der Waals surface area contributed by atoms with E-state index in [0.29, 0.717) is 21.8 Å². The summed E-state index contributed by atoms with van der Waals surface area (Å²) in [5.41, 5.74) is 3.35. The van der Waals surface area contributed by atoms with Crippen LogP contribution in [0.15, 0.2) is 54.6 Å². The first-order valence-electron chi connectivity index (χ1n) is 10.1. The molecule has 1 heterocycles. The van der Waals surface area contributed by atoms with Gasteiger partial charge >= 0.3 is 0 Å². The molecular formula is C23H23N3O4S2. The number of nitrogens with one attached hydrogen (secondary N) is 3. The van der Waals surface area contributed by atoms with Crippen molar-refractivity contribution in [2.75, 3.05) is 16.3 Å². The van der Waals surface area contributed by atoms with E-state index in [1.54, 1.807) is 42.5 Å². The summed E-state index contributed by atoms with van der Waals surface area (Å²) in [7, 11) is -3.33. The van der Waals surface area contributed by atoms with Crippen molar-refractivity contribution in [3.63, 3.8) is 0 Å². The molecule has 7 nitrogen and oxygen atoms in total. The molecule has 166 valence electrons. The minimum Gasteiger partial charge on any atom is -0.349 e. The molecule has 9 heteroatoms. The van der Waals surface area contributed by atoms with Crippen LogP contribution in [0.5, 0.6) is 0 Å². The standard InChI is InChI=1S/C23H23N3O4S2/c1-14-3-4-16(22(27)24-17-9-10-17)13-19(14)25-23(28)21-12-11-20(31-21)15-5-7-18(8-6-15)26-32(2,29)30/h3-8,11-13,17,26H,9-10H2,1-2H3,(H,24,27)(H,25,28). The van der Waals surface area contributed by atoms with Crippen molar-refractivity contribution in [3.05, 3.63) is 70.6 Å². The van der Waals surface area contributed by atoms with Crippen molar-refractivity contribution in [2.24, 2.45) is 0 Å². The van der Waals surface area contributed by atoms with E-state index >= 15 is 0 Å². The number of anilines is 2. The number of aryl methyl sites for hydroxylation is 1. The van der Waals surface area contributed by atoms with Gasteiger partial charge in [-0.15, -0.1) is 11.3 Å². The van der Waals surface area contributed by atoms with Crippen LogP contribution in [0.4, 0.5) is 11.4 Å². The van der Waals surface area contributed by atoms with E-state index in [1.807, 2.05) is 19.1 Å². The molecule has 0 atom stereocenters. The van der Waals surface area contributed by atoms with Gasteiger partial charge in [-0.1, -0.05) is 18.2 Å². The van der Waals surface area contributed by atoms with Crippen molar-refractivity contribution in [1.29, 1.82) is 0 Å². The Hall–Kier alpha value is -3.17. The molecule has 0 aliphatic heterocycles. The first-order valence-corrected chi connectivity index (χ1v) is 12.8. The molecule has 0 saturated heterocycles. The summed E-state index contributed by atoms with van der Waals surface area (Å²) < 4.78 is 25.1. The largest absolute Gasteiger partial charge is 0.349 e. The number of sulfonamides is 1. The van der Waals surface area contributed by atoms with Crippen LogP contribution in [-0.4, -0.2) is 32.5 Å². The van der Waals surface area contributed by atoms with Crippen molar-refractivity contribution in [3.8, 4) is 10.4 Å². The summed E-state index contributed by atoms with van der Waals surface area (Å²) in [6, 6.07) is 16.1. The molecule has 0 spiro atoms. The summed E-state index contributed by atoms with van der Waals surface area (Å²) in [4.78, 5) is 26.5. The van der Waals surface area contributed by atoms with E-state index in [1.165, 1.54) is 11.3 Å². The Kier molecular flexibility index (Phi) is 6.03. The molecule has 1 fully saturated rings. The molecule has 1 aliphatic rings. The second kappa shape index (κ2) is 8.76. The van der Waals surface area contributed by atoms with Crippen LogP contribution < -0.4 is 15.4 Å². The number of hydrogen-bond donors (Lipinski definition) is 3. The first-order chi connectivity index (χ1) is 15.2. The number of rotatable bonds is 7. The summed E-state index contributed by atoms with van der Waals surface area (Å²) in [5, 5.41) is 5.86. The Morgan fingerprint density at radius 3 is 2.34 bits per heavy atom. The molecule has 1 aromatic heterocycles. The first kappa shape index (κ1) is 22.0. The average molecular weight is 470 g/mol. The van der Waals surface area contributed by atoms with Gasteiger partial charge in [-0.3, -0.25) is 14.3 Å². The van der Waals surface area contributed by atoms with Gasteiger partial charge in [0, 0.05) is 27.9 Å². The number of benzene rings is 2. The lowest BCUT2D eigenvalue weighted by atomic mass is 10.1. The SMILES string of the molecule is Cc1ccc(C(=O)NC2CC2)cc1NC(=O)c1ccc(-c2ccc(NS(C)(=O)=O)cc2)s1. The number of carbonyl (C=O) groups is 2. The Morgan fingerprint density at radius 2 is 1.69 bits per heavy atom. The average Bonchev–Trinajstić information content (AvgIpc) is 3.40. The minimum atomic E-state index is -3.33. The summed E-state index contributed by atoms with van der Waals surface area (Å²) in [5.74, 6) is -0.380.